The number of unbranched alkanes of at least 4 members (excludes halogenated alkanes) is 2. The molecule has 0 spiro atoms. The van der Waals surface area contributed by atoms with Gasteiger partial charge in [-0.1, -0.05) is 37.5 Å². The molecule has 3 aromatic carbocycles. The van der Waals surface area contributed by atoms with Gasteiger partial charge in [-0.05, 0) is 48.6 Å². The van der Waals surface area contributed by atoms with Crippen molar-refractivity contribution in [1.82, 2.24) is 9.97 Å². The molecule has 250 valence electrons. The normalized spacial score (nSPS) is 11.3. The fourth-order valence-corrected chi connectivity index (χ4v) is 4.09. The van der Waals surface area contributed by atoms with E-state index >= 15 is 0 Å². The summed E-state index contributed by atoms with van der Waals surface area (Å²) >= 11 is 0. The van der Waals surface area contributed by atoms with E-state index in [1.54, 1.807) is 12.4 Å². The Labute approximate surface area is 265 Å². The first kappa shape index (κ1) is 35.5. The first-order valence-electron chi connectivity index (χ1n) is 13.7. The summed E-state index contributed by atoms with van der Waals surface area (Å²) in [6, 6.07) is 1.91. The van der Waals surface area contributed by atoms with Crippen LogP contribution in [0.25, 0.3) is 0 Å². The van der Waals surface area contributed by atoms with Crippen LogP contribution in [0.1, 0.15) is 59.8 Å². The topological polar surface area (TPSA) is 44.2 Å². The van der Waals surface area contributed by atoms with Gasteiger partial charge in [0.05, 0.1) is 5.56 Å². The predicted molar refractivity (Wildman–Crippen MR) is 147 cm³/mol. The Morgan fingerprint density at radius 2 is 1.15 bits per heavy atom. The second kappa shape index (κ2) is 14.6. The largest absolute Gasteiger partial charge is 0.573 e. The van der Waals surface area contributed by atoms with Crippen LogP contribution in [0.3, 0.4) is 0 Å². The van der Waals surface area contributed by atoms with E-state index in [0.717, 1.165) is 43.4 Å². The highest BCUT2D eigenvalue weighted by Gasteiger charge is 2.42. The lowest BCUT2D eigenvalue weighted by molar-refractivity contribution is -0.276. The summed E-state index contributed by atoms with van der Waals surface area (Å²) in [5.74, 6) is -4.83. The van der Waals surface area contributed by atoms with Gasteiger partial charge in [-0.25, -0.2) is 36.3 Å². The molecule has 0 bridgehead atoms. The third-order valence-electron chi connectivity index (χ3n) is 6.24. The Bertz CT molecular complexity index is 1870. The molecule has 1 heterocycles. The SMILES string of the molecule is CCCCCc1cnc(C#Cc2cc(F)c(C#Cc3cc(F)c(C(F)(F)Oc4cc(F)c(OC(F)(F)F)c(F)c4)c(F)c3)c(F)c2)nc1. The van der Waals surface area contributed by atoms with E-state index in [0.29, 0.717) is 0 Å². The van der Waals surface area contributed by atoms with Crippen LogP contribution in [0.15, 0.2) is 48.8 Å². The van der Waals surface area contributed by atoms with Crippen molar-refractivity contribution in [2.45, 2.75) is 45.1 Å². The monoisotopic (exact) mass is 684 g/mol. The van der Waals surface area contributed by atoms with Gasteiger partial charge in [0.25, 0.3) is 0 Å². The summed E-state index contributed by atoms with van der Waals surface area (Å²) in [4.78, 5) is 8.19. The minimum absolute atomic E-state index is 0.107. The minimum Gasteiger partial charge on any atom is -0.429 e. The molecule has 0 N–H and O–H groups in total. The van der Waals surface area contributed by atoms with Crippen molar-refractivity contribution < 1.29 is 57.8 Å². The summed E-state index contributed by atoms with van der Waals surface area (Å²) in [7, 11) is 0. The number of nitrogens with zero attached hydrogens (tertiary/aromatic N) is 2. The first-order chi connectivity index (χ1) is 22.6. The molecule has 4 aromatic rings. The number of hydrogen-bond acceptors (Lipinski definition) is 4. The van der Waals surface area contributed by atoms with E-state index < -0.39 is 75.6 Å². The van der Waals surface area contributed by atoms with Crippen LogP contribution in [-0.4, -0.2) is 16.3 Å². The molecule has 0 aliphatic carbocycles. The smallest absolute Gasteiger partial charge is 0.429 e. The maximum Gasteiger partial charge on any atom is 0.573 e. The van der Waals surface area contributed by atoms with Gasteiger partial charge in [-0.2, -0.15) is 8.78 Å². The van der Waals surface area contributed by atoms with Crippen molar-refractivity contribution in [2.24, 2.45) is 0 Å². The average Bonchev–Trinajstić information content (AvgIpc) is 2.97. The molecular weight excluding hydrogens is 665 g/mol. The lowest BCUT2D eigenvalue weighted by Crippen LogP contribution is -2.25. The Morgan fingerprint density at radius 3 is 1.67 bits per heavy atom. The molecule has 4 nitrogen and oxygen atoms in total. The van der Waals surface area contributed by atoms with Crippen LogP contribution in [-0.2, 0) is 12.5 Å². The minimum atomic E-state index is -5.53. The van der Waals surface area contributed by atoms with Crippen molar-refractivity contribution in [2.75, 3.05) is 0 Å². The van der Waals surface area contributed by atoms with Crippen LogP contribution in [0.2, 0.25) is 0 Å². The maximum absolute atomic E-state index is 14.7. The van der Waals surface area contributed by atoms with Crippen LogP contribution in [0, 0.1) is 58.6 Å². The highest BCUT2D eigenvalue weighted by Crippen LogP contribution is 2.38. The van der Waals surface area contributed by atoms with Gasteiger partial charge >= 0.3 is 12.5 Å². The molecule has 0 saturated heterocycles. The Balaban J connectivity index is 1.52. The third-order valence-corrected chi connectivity index (χ3v) is 6.24. The molecule has 1 aromatic heterocycles. The van der Waals surface area contributed by atoms with E-state index in [2.05, 4.69) is 38.2 Å². The number of aromatic nitrogens is 2. The average molecular weight is 685 g/mol. The second-order valence-electron chi connectivity index (χ2n) is 9.88. The number of rotatable bonds is 8. The number of hydrogen-bond donors (Lipinski definition) is 0. The molecular formula is C33H19F11N2O2. The van der Waals surface area contributed by atoms with Crippen molar-refractivity contribution in [3.63, 3.8) is 0 Å². The van der Waals surface area contributed by atoms with Crippen LogP contribution in [0.4, 0.5) is 48.3 Å². The molecule has 0 aliphatic rings. The lowest BCUT2D eigenvalue weighted by Gasteiger charge is -2.20. The second-order valence-corrected chi connectivity index (χ2v) is 9.88. The quantitative estimate of drug-likeness (QED) is 0.106. The molecule has 48 heavy (non-hydrogen) atoms. The summed E-state index contributed by atoms with van der Waals surface area (Å²) in [5.41, 5.74) is -2.77. The molecule has 0 fully saturated rings. The van der Waals surface area contributed by atoms with Gasteiger partial charge in [-0.3, -0.25) is 0 Å². The van der Waals surface area contributed by atoms with Gasteiger partial charge in [0.2, 0.25) is 11.6 Å². The van der Waals surface area contributed by atoms with E-state index in [1.807, 2.05) is 11.8 Å². The van der Waals surface area contributed by atoms with Gasteiger partial charge in [0, 0.05) is 35.7 Å². The maximum atomic E-state index is 14.7. The molecule has 0 aliphatic heterocycles. The molecule has 0 saturated carbocycles. The zero-order valence-corrected chi connectivity index (χ0v) is 24.3. The summed E-state index contributed by atoms with van der Waals surface area (Å²) in [6.45, 7) is 2.07. The third kappa shape index (κ3) is 9.15. The standard InChI is InChI=1S/C33H19F11N2O2/c1-2-3-4-5-20-16-45-29(46-17-20)9-7-19-10-23(34)22(24(35)11-19)8-6-18-12-25(36)30(26(37)13-18)32(40,41)47-21-14-27(38)31(28(39)15-21)48-33(42,43)44/h10-17H,2-5H2,1H3. The predicted octanol–water partition coefficient (Wildman–Crippen LogP) is 8.87. The van der Waals surface area contributed by atoms with E-state index in [1.165, 1.54) is 0 Å². The number of ether oxygens (including phenoxy) is 2. The molecule has 0 unspecified atom stereocenters. The van der Waals surface area contributed by atoms with E-state index in [9.17, 15) is 48.3 Å². The van der Waals surface area contributed by atoms with Crippen molar-refractivity contribution >= 4 is 0 Å². The van der Waals surface area contributed by atoms with E-state index in [-0.39, 0.29) is 35.7 Å². The number of benzene rings is 3. The van der Waals surface area contributed by atoms with Crippen molar-refractivity contribution in [1.29, 1.82) is 0 Å². The van der Waals surface area contributed by atoms with Crippen molar-refractivity contribution in [3.8, 4) is 35.2 Å². The highest BCUT2D eigenvalue weighted by atomic mass is 19.4. The molecule has 0 atom stereocenters. The zero-order chi connectivity index (χ0) is 35.2. The zero-order valence-electron chi connectivity index (χ0n) is 24.3. The molecule has 4 rings (SSSR count). The number of aryl methyl sites for hydroxylation is 1. The fraction of sp³-hybridized carbons (Fsp3) is 0.212. The van der Waals surface area contributed by atoms with Crippen molar-refractivity contribution in [3.05, 3.63) is 117 Å². The summed E-state index contributed by atoms with van der Waals surface area (Å²) < 4.78 is 160. The van der Waals surface area contributed by atoms with Gasteiger partial charge in [0.15, 0.2) is 11.6 Å². The first-order valence-corrected chi connectivity index (χ1v) is 13.7. The Morgan fingerprint density at radius 1 is 0.625 bits per heavy atom. The van der Waals surface area contributed by atoms with E-state index in [4.69, 9.17) is 0 Å². The van der Waals surface area contributed by atoms with Crippen LogP contribution in [0.5, 0.6) is 11.5 Å². The molecule has 0 radical (unpaired) electrons. The molecule has 15 heteroatoms. The summed E-state index contributed by atoms with van der Waals surface area (Å²) in [6.07, 6.45) is -3.44. The van der Waals surface area contributed by atoms with Gasteiger partial charge in [-0.15, -0.1) is 13.2 Å². The lowest BCUT2D eigenvalue weighted by atomic mass is 10.1. The number of alkyl halides is 5. The Kier molecular flexibility index (Phi) is 10.8. The molecule has 0 amide bonds. The van der Waals surface area contributed by atoms with Gasteiger partial charge < -0.3 is 9.47 Å². The summed E-state index contributed by atoms with van der Waals surface area (Å²) in [5, 5.41) is 0. The van der Waals surface area contributed by atoms with Crippen LogP contribution >= 0.6 is 0 Å². The fourth-order valence-electron chi connectivity index (χ4n) is 4.09. The highest BCUT2D eigenvalue weighted by molar-refractivity contribution is 5.49. The Hall–Kier alpha value is -5.31. The van der Waals surface area contributed by atoms with Gasteiger partial charge in [0.1, 0.15) is 34.6 Å². The van der Waals surface area contributed by atoms with Crippen LogP contribution < -0.4 is 9.47 Å². The number of halogens is 11.